The number of halogens is 1. The zero-order chi connectivity index (χ0) is 17.4. The van der Waals surface area contributed by atoms with E-state index in [1.165, 1.54) is 0 Å². The lowest BCUT2D eigenvalue weighted by molar-refractivity contribution is -0.153. The Morgan fingerprint density at radius 1 is 1.46 bits per heavy atom. The fourth-order valence-corrected chi connectivity index (χ4v) is 3.13. The zero-order valence-electron chi connectivity index (χ0n) is 13.2. The topological polar surface area (TPSA) is 76.1 Å². The summed E-state index contributed by atoms with van der Waals surface area (Å²) in [6.45, 7) is 3.92. The second kappa shape index (κ2) is 6.32. The maximum atomic E-state index is 11.7. The number of carbonyl (C=O) groups excluding carboxylic acids is 1. The summed E-state index contributed by atoms with van der Waals surface area (Å²) in [6.07, 6.45) is 1.02. The van der Waals surface area contributed by atoms with E-state index in [2.05, 4.69) is 15.9 Å². The predicted molar refractivity (Wildman–Crippen MR) is 90.2 cm³/mol. The molecule has 1 aromatic carbocycles. The van der Waals surface area contributed by atoms with Crippen LogP contribution in [0.5, 0.6) is 0 Å². The maximum Gasteiger partial charge on any atom is 0.355 e. The predicted octanol–water partition coefficient (Wildman–Crippen LogP) is 2.97. The molecule has 0 saturated heterocycles. The molecule has 0 saturated carbocycles. The molecule has 2 aliphatic heterocycles. The van der Waals surface area contributed by atoms with Gasteiger partial charge in [0.25, 0.3) is 6.29 Å². The summed E-state index contributed by atoms with van der Waals surface area (Å²) >= 11 is 3.42. The molecule has 0 aromatic heterocycles. The number of hydrogen-bond acceptors (Lipinski definition) is 5. The Morgan fingerprint density at radius 2 is 2.21 bits per heavy atom. The van der Waals surface area contributed by atoms with Crippen molar-refractivity contribution >= 4 is 33.6 Å². The van der Waals surface area contributed by atoms with E-state index in [0.29, 0.717) is 17.7 Å². The van der Waals surface area contributed by atoms with Crippen LogP contribution >= 0.6 is 15.9 Å². The fraction of sp³-hybridized carbons (Fsp3) is 0.294. The number of aliphatic carboxylic acids is 1. The van der Waals surface area contributed by atoms with E-state index in [1.54, 1.807) is 18.7 Å². The van der Waals surface area contributed by atoms with Gasteiger partial charge in [0.1, 0.15) is 6.26 Å². The zero-order valence-corrected chi connectivity index (χ0v) is 14.8. The van der Waals surface area contributed by atoms with Gasteiger partial charge in [0.05, 0.1) is 0 Å². The summed E-state index contributed by atoms with van der Waals surface area (Å²) in [4.78, 5) is 24.9. The number of cyclic esters (lactones) is 1. The van der Waals surface area contributed by atoms with Crippen LogP contribution in [0, 0.1) is 0 Å². The second-order valence-electron chi connectivity index (χ2n) is 5.66. The standard InChI is InChI=1S/C17H16BrNO5/c1-9-10(2)17(24-16(9)22)23-8-14(15(20)21)19-6-5-11-7-12(18)3-4-13(11)19/h3-4,7-8,17H,5-6H2,1-2H3,(H,20,21)/b14-8-. The van der Waals surface area contributed by atoms with Crippen LogP contribution in [-0.2, 0) is 25.5 Å². The van der Waals surface area contributed by atoms with E-state index in [9.17, 15) is 14.7 Å². The van der Waals surface area contributed by atoms with Gasteiger partial charge < -0.3 is 19.5 Å². The highest BCUT2D eigenvalue weighted by atomic mass is 79.9. The molecule has 24 heavy (non-hydrogen) atoms. The van der Waals surface area contributed by atoms with Crippen molar-refractivity contribution in [1.29, 1.82) is 0 Å². The van der Waals surface area contributed by atoms with Crippen molar-refractivity contribution in [3.8, 4) is 0 Å². The molecule has 0 bridgehead atoms. The van der Waals surface area contributed by atoms with E-state index in [-0.39, 0.29) is 5.70 Å². The van der Waals surface area contributed by atoms with Crippen LogP contribution in [0.1, 0.15) is 19.4 Å². The van der Waals surface area contributed by atoms with Crippen molar-refractivity contribution in [3.05, 3.63) is 51.3 Å². The van der Waals surface area contributed by atoms with Crippen LogP contribution in [0.4, 0.5) is 5.69 Å². The van der Waals surface area contributed by atoms with Crippen molar-refractivity contribution in [3.63, 3.8) is 0 Å². The first kappa shape index (κ1) is 16.6. The number of nitrogens with zero attached hydrogens (tertiary/aromatic N) is 1. The van der Waals surface area contributed by atoms with Gasteiger partial charge in [0, 0.05) is 27.9 Å². The molecule has 126 valence electrons. The number of hydrogen-bond donors (Lipinski definition) is 1. The maximum absolute atomic E-state index is 11.7. The molecule has 3 rings (SSSR count). The van der Waals surface area contributed by atoms with Crippen LogP contribution < -0.4 is 4.90 Å². The number of rotatable bonds is 4. The van der Waals surface area contributed by atoms with Gasteiger partial charge in [0.2, 0.25) is 0 Å². The molecular formula is C17H16BrNO5. The van der Waals surface area contributed by atoms with Gasteiger partial charge in [-0.05, 0) is 44.0 Å². The lowest BCUT2D eigenvalue weighted by Gasteiger charge is -2.20. The number of fused-ring (bicyclic) bond motifs is 1. The van der Waals surface area contributed by atoms with Crippen LogP contribution in [0.2, 0.25) is 0 Å². The third kappa shape index (κ3) is 2.91. The summed E-state index contributed by atoms with van der Waals surface area (Å²) in [5, 5.41) is 9.54. The summed E-state index contributed by atoms with van der Waals surface area (Å²) in [5.41, 5.74) is 3.04. The van der Waals surface area contributed by atoms with Crippen molar-refractivity contribution in [2.45, 2.75) is 26.6 Å². The highest BCUT2D eigenvalue weighted by molar-refractivity contribution is 9.10. The first-order chi connectivity index (χ1) is 11.4. The third-order valence-corrected chi connectivity index (χ3v) is 4.71. The van der Waals surface area contributed by atoms with Gasteiger partial charge >= 0.3 is 11.9 Å². The minimum atomic E-state index is -1.10. The number of ether oxygens (including phenoxy) is 2. The molecule has 1 unspecified atom stereocenters. The highest BCUT2D eigenvalue weighted by Gasteiger charge is 2.31. The lowest BCUT2D eigenvalue weighted by Crippen LogP contribution is -2.26. The monoisotopic (exact) mass is 393 g/mol. The number of carboxylic acids is 1. The van der Waals surface area contributed by atoms with E-state index in [4.69, 9.17) is 9.47 Å². The minimum Gasteiger partial charge on any atom is -0.476 e. The molecule has 1 N–H and O–H groups in total. The van der Waals surface area contributed by atoms with E-state index < -0.39 is 18.2 Å². The van der Waals surface area contributed by atoms with Crippen LogP contribution in [0.3, 0.4) is 0 Å². The van der Waals surface area contributed by atoms with Crippen LogP contribution in [0.25, 0.3) is 0 Å². The second-order valence-corrected chi connectivity index (χ2v) is 6.58. The van der Waals surface area contributed by atoms with Crippen molar-refractivity contribution in [1.82, 2.24) is 0 Å². The van der Waals surface area contributed by atoms with E-state index in [1.807, 2.05) is 18.2 Å². The summed E-state index contributed by atoms with van der Waals surface area (Å²) in [6, 6.07) is 5.71. The van der Waals surface area contributed by atoms with Crippen molar-refractivity contribution < 1.29 is 24.2 Å². The number of carbonyl (C=O) groups is 2. The largest absolute Gasteiger partial charge is 0.476 e. The van der Waals surface area contributed by atoms with Crippen molar-refractivity contribution in [2.75, 3.05) is 11.4 Å². The Morgan fingerprint density at radius 3 is 2.83 bits per heavy atom. The molecule has 0 aliphatic carbocycles. The Kier molecular flexibility index (Phi) is 4.36. The number of anilines is 1. The van der Waals surface area contributed by atoms with Crippen molar-refractivity contribution in [2.24, 2.45) is 0 Å². The van der Waals surface area contributed by atoms with E-state index >= 15 is 0 Å². The Balaban J connectivity index is 1.85. The molecule has 2 heterocycles. The summed E-state index contributed by atoms with van der Waals surface area (Å²) in [7, 11) is 0. The molecule has 2 aliphatic rings. The average Bonchev–Trinajstić information content (AvgIpc) is 3.04. The number of carboxylic acid groups (broad SMARTS) is 1. The molecule has 1 atom stereocenters. The summed E-state index contributed by atoms with van der Waals surface area (Å²) < 4.78 is 11.5. The molecule has 1 aromatic rings. The molecule has 7 heteroatoms. The van der Waals surface area contributed by atoms with Gasteiger partial charge in [-0.1, -0.05) is 15.9 Å². The number of esters is 1. The number of benzene rings is 1. The first-order valence-corrected chi connectivity index (χ1v) is 8.21. The first-order valence-electron chi connectivity index (χ1n) is 7.41. The van der Waals surface area contributed by atoms with Gasteiger partial charge in [-0.25, -0.2) is 9.59 Å². The average molecular weight is 394 g/mol. The molecule has 0 radical (unpaired) electrons. The molecule has 0 amide bonds. The van der Waals surface area contributed by atoms with Crippen LogP contribution in [-0.4, -0.2) is 29.9 Å². The molecule has 6 nitrogen and oxygen atoms in total. The third-order valence-electron chi connectivity index (χ3n) is 4.22. The minimum absolute atomic E-state index is 0.00414. The highest BCUT2D eigenvalue weighted by Crippen LogP contribution is 2.33. The smallest absolute Gasteiger partial charge is 0.355 e. The quantitative estimate of drug-likeness (QED) is 0.481. The summed E-state index contributed by atoms with van der Waals surface area (Å²) in [5.74, 6) is -1.55. The van der Waals surface area contributed by atoms with Gasteiger partial charge in [-0.2, -0.15) is 0 Å². The Labute approximate surface area is 147 Å². The van der Waals surface area contributed by atoms with Gasteiger partial charge in [-0.3, -0.25) is 0 Å². The normalized spacial score (nSPS) is 20.3. The Bertz CT molecular complexity index is 783. The Hall–Kier alpha value is -2.28. The van der Waals surface area contributed by atoms with E-state index in [0.717, 1.165) is 28.4 Å². The van der Waals surface area contributed by atoms with Gasteiger partial charge in [0.15, 0.2) is 5.70 Å². The SMILES string of the molecule is CC1=C(C)C(O/C=C(/C(=O)O)N2CCc3cc(Br)ccc32)OC1=O. The lowest BCUT2D eigenvalue weighted by atomic mass is 10.2. The fourth-order valence-electron chi connectivity index (χ4n) is 2.72. The molecule has 0 spiro atoms. The molecule has 0 fully saturated rings. The molecular weight excluding hydrogens is 378 g/mol. The van der Waals surface area contributed by atoms with Crippen LogP contribution in [0.15, 0.2) is 45.8 Å². The van der Waals surface area contributed by atoms with Gasteiger partial charge in [-0.15, -0.1) is 0 Å².